The number of hydrogen-bond donors (Lipinski definition) is 1. The highest BCUT2D eigenvalue weighted by molar-refractivity contribution is 5.94. The van der Waals surface area contributed by atoms with Crippen LogP contribution in [0.4, 0.5) is 5.82 Å². The second-order valence-corrected chi connectivity index (χ2v) is 5.53. The number of likely N-dealkylation sites (tertiary alicyclic amines) is 1. The van der Waals surface area contributed by atoms with E-state index in [2.05, 4.69) is 20.4 Å². The molecule has 0 spiro atoms. The number of anilines is 1. The number of amides is 1. The number of carbonyl (C=O) groups is 1. The summed E-state index contributed by atoms with van der Waals surface area (Å²) in [6, 6.07) is 1.92. The highest BCUT2D eigenvalue weighted by Crippen LogP contribution is 2.32. The topological polar surface area (TPSA) is 75.9 Å². The van der Waals surface area contributed by atoms with Crippen LogP contribution in [0.1, 0.15) is 40.8 Å². The molecule has 1 unspecified atom stereocenters. The van der Waals surface area contributed by atoms with Crippen molar-refractivity contribution < 1.29 is 4.79 Å². The normalized spacial score (nSPS) is 17.8. The van der Waals surface area contributed by atoms with Gasteiger partial charge in [-0.3, -0.25) is 9.48 Å². The Morgan fingerprint density at radius 3 is 2.91 bits per heavy atom. The van der Waals surface area contributed by atoms with Gasteiger partial charge in [-0.2, -0.15) is 5.10 Å². The lowest BCUT2D eigenvalue weighted by molar-refractivity contribution is 0.0732. The Balaban J connectivity index is 1.90. The Morgan fingerprint density at radius 2 is 2.23 bits per heavy atom. The summed E-state index contributed by atoms with van der Waals surface area (Å²) in [6.45, 7) is 2.61. The Kier molecular flexibility index (Phi) is 3.79. The Morgan fingerprint density at radius 1 is 1.41 bits per heavy atom. The van der Waals surface area contributed by atoms with Crippen molar-refractivity contribution >= 4 is 11.7 Å². The minimum absolute atomic E-state index is 0.00139. The van der Waals surface area contributed by atoms with E-state index in [-0.39, 0.29) is 11.9 Å². The summed E-state index contributed by atoms with van der Waals surface area (Å²) in [5, 5.41) is 7.12. The standard InChI is InChI=1S/C15H20N6O/c1-10-18-12(7-14(16-2)19-10)13-5-4-6-21(13)15(22)11-8-17-20(3)9-11/h7-9,13H,4-6H2,1-3H3,(H,16,18,19). The van der Waals surface area contributed by atoms with Crippen molar-refractivity contribution in [1.82, 2.24) is 24.6 Å². The second-order valence-electron chi connectivity index (χ2n) is 5.53. The molecule has 1 amide bonds. The second kappa shape index (κ2) is 5.75. The van der Waals surface area contributed by atoms with Crippen molar-refractivity contribution in [2.75, 3.05) is 18.9 Å². The highest BCUT2D eigenvalue weighted by Gasteiger charge is 2.32. The molecule has 7 heteroatoms. The van der Waals surface area contributed by atoms with Crippen LogP contribution >= 0.6 is 0 Å². The lowest BCUT2D eigenvalue weighted by Crippen LogP contribution is -2.31. The first-order chi connectivity index (χ1) is 10.6. The molecule has 0 aliphatic carbocycles. The van der Waals surface area contributed by atoms with Crippen LogP contribution < -0.4 is 5.32 Å². The van der Waals surface area contributed by atoms with E-state index < -0.39 is 0 Å². The molecule has 0 aromatic carbocycles. The van der Waals surface area contributed by atoms with Crippen molar-refractivity contribution in [3.05, 3.63) is 35.5 Å². The van der Waals surface area contributed by atoms with Crippen molar-refractivity contribution in [2.45, 2.75) is 25.8 Å². The zero-order valence-electron chi connectivity index (χ0n) is 13.1. The molecule has 0 radical (unpaired) electrons. The third-order valence-corrected chi connectivity index (χ3v) is 3.92. The molecule has 1 atom stereocenters. The van der Waals surface area contributed by atoms with E-state index in [1.807, 2.05) is 32.0 Å². The summed E-state index contributed by atoms with van der Waals surface area (Å²) < 4.78 is 1.65. The Bertz CT molecular complexity index is 695. The quantitative estimate of drug-likeness (QED) is 0.930. The molecule has 0 bridgehead atoms. The average molecular weight is 300 g/mol. The van der Waals surface area contributed by atoms with Crippen molar-refractivity contribution in [3.63, 3.8) is 0 Å². The van der Waals surface area contributed by atoms with E-state index in [0.717, 1.165) is 30.9 Å². The summed E-state index contributed by atoms with van der Waals surface area (Å²) in [5.74, 6) is 1.50. The van der Waals surface area contributed by atoms with Gasteiger partial charge < -0.3 is 10.2 Å². The molecule has 1 N–H and O–H groups in total. The number of aryl methyl sites for hydroxylation is 2. The predicted octanol–water partition coefficient (Wildman–Crippen LogP) is 1.54. The minimum atomic E-state index is 0.00139. The fourth-order valence-corrected chi connectivity index (χ4v) is 2.90. The molecule has 1 saturated heterocycles. The van der Waals surface area contributed by atoms with E-state index in [4.69, 9.17) is 0 Å². The molecule has 116 valence electrons. The van der Waals surface area contributed by atoms with E-state index in [1.165, 1.54) is 0 Å². The van der Waals surface area contributed by atoms with Crippen LogP contribution in [0.15, 0.2) is 18.5 Å². The van der Waals surface area contributed by atoms with Gasteiger partial charge in [-0.15, -0.1) is 0 Å². The van der Waals surface area contributed by atoms with Gasteiger partial charge in [0.25, 0.3) is 5.91 Å². The molecule has 7 nitrogen and oxygen atoms in total. The van der Waals surface area contributed by atoms with Crippen LogP contribution in [0.5, 0.6) is 0 Å². The largest absolute Gasteiger partial charge is 0.373 e. The van der Waals surface area contributed by atoms with Crippen LogP contribution in [0, 0.1) is 6.92 Å². The summed E-state index contributed by atoms with van der Waals surface area (Å²) in [6.07, 6.45) is 5.27. The number of aromatic nitrogens is 4. The Hall–Kier alpha value is -2.44. The maximum absolute atomic E-state index is 12.7. The summed E-state index contributed by atoms with van der Waals surface area (Å²) >= 11 is 0. The van der Waals surface area contributed by atoms with Crippen LogP contribution in [-0.2, 0) is 7.05 Å². The van der Waals surface area contributed by atoms with Crippen LogP contribution in [0.25, 0.3) is 0 Å². The van der Waals surface area contributed by atoms with Gasteiger partial charge in [0, 0.05) is 32.9 Å². The number of nitrogens with zero attached hydrogens (tertiary/aromatic N) is 5. The van der Waals surface area contributed by atoms with Gasteiger partial charge in [0.1, 0.15) is 11.6 Å². The van der Waals surface area contributed by atoms with Gasteiger partial charge in [-0.1, -0.05) is 0 Å². The number of rotatable bonds is 3. The fourth-order valence-electron chi connectivity index (χ4n) is 2.90. The fraction of sp³-hybridized carbons (Fsp3) is 0.467. The van der Waals surface area contributed by atoms with E-state index in [0.29, 0.717) is 11.4 Å². The Labute approximate surface area is 129 Å². The molecule has 3 heterocycles. The van der Waals surface area contributed by atoms with Crippen LogP contribution in [-0.4, -0.2) is 44.1 Å². The van der Waals surface area contributed by atoms with Gasteiger partial charge in [0.15, 0.2) is 0 Å². The highest BCUT2D eigenvalue weighted by atomic mass is 16.2. The maximum atomic E-state index is 12.7. The lowest BCUT2D eigenvalue weighted by Gasteiger charge is -2.24. The smallest absolute Gasteiger partial charge is 0.257 e. The zero-order valence-corrected chi connectivity index (χ0v) is 13.1. The minimum Gasteiger partial charge on any atom is -0.373 e. The molecular weight excluding hydrogens is 280 g/mol. The summed E-state index contributed by atoms with van der Waals surface area (Å²) in [7, 11) is 3.64. The first-order valence-electron chi connectivity index (χ1n) is 7.41. The zero-order chi connectivity index (χ0) is 15.7. The van der Waals surface area contributed by atoms with Gasteiger partial charge in [0.2, 0.25) is 0 Å². The molecule has 22 heavy (non-hydrogen) atoms. The van der Waals surface area contributed by atoms with Gasteiger partial charge >= 0.3 is 0 Å². The van der Waals surface area contributed by atoms with Crippen molar-refractivity contribution in [1.29, 1.82) is 0 Å². The van der Waals surface area contributed by atoms with Gasteiger partial charge in [-0.25, -0.2) is 9.97 Å². The number of carbonyl (C=O) groups excluding carboxylic acids is 1. The summed E-state index contributed by atoms with van der Waals surface area (Å²) in [4.78, 5) is 23.4. The first-order valence-corrected chi connectivity index (χ1v) is 7.41. The van der Waals surface area contributed by atoms with Crippen molar-refractivity contribution in [2.24, 2.45) is 7.05 Å². The third kappa shape index (κ3) is 2.66. The molecule has 1 fully saturated rings. The molecule has 1 aliphatic heterocycles. The molecule has 1 aliphatic rings. The molecule has 2 aromatic rings. The molecule has 2 aromatic heterocycles. The first kappa shape index (κ1) is 14.5. The van der Waals surface area contributed by atoms with E-state index >= 15 is 0 Å². The molecule has 3 rings (SSSR count). The number of nitrogens with one attached hydrogen (secondary N) is 1. The van der Waals surface area contributed by atoms with Crippen LogP contribution in [0.3, 0.4) is 0 Å². The lowest BCUT2D eigenvalue weighted by atomic mass is 10.1. The van der Waals surface area contributed by atoms with E-state index in [1.54, 1.807) is 17.1 Å². The van der Waals surface area contributed by atoms with Crippen molar-refractivity contribution in [3.8, 4) is 0 Å². The third-order valence-electron chi connectivity index (χ3n) is 3.92. The SMILES string of the molecule is CNc1cc(C2CCCN2C(=O)c2cnn(C)c2)nc(C)n1. The van der Waals surface area contributed by atoms with E-state index in [9.17, 15) is 4.79 Å². The monoisotopic (exact) mass is 300 g/mol. The maximum Gasteiger partial charge on any atom is 0.257 e. The number of hydrogen-bond acceptors (Lipinski definition) is 5. The average Bonchev–Trinajstić information content (AvgIpc) is 3.14. The van der Waals surface area contributed by atoms with Crippen LogP contribution in [0.2, 0.25) is 0 Å². The molecular formula is C15H20N6O. The molecule has 0 saturated carbocycles. The predicted molar refractivity (Wildman–Crippen MR) is 82.5 cm³/mol. The van der Waals surface area contributed by atoms with Gasteiger partial charge in [-0.05, 0) is 19.8 Å². The van der Waals surface area contributed by atoms with Gasteiger partial charge in [0.05, 0.1) is 23.5 Å². The summed E-state index contributed by atoms with van der Waals surface area (Å²) in [5.41, 5.74) is 1.51.